The highest BCUT2D eigenvalue weighted by molar-refractivity contribution is 5.73. The summed E-state index contributed by atoms with van der Waals surface area (Å²) in [6, 6.07) is 0.0652. The lowest BCUT2D eigenvalue weighted by atomic mass is 9.82. The molecule has 0 radical (unpaired) electrons. The van der Waals surface area contributed by atoms with Gasteiger partial charge >= 0.3 is 6.03 Å². The van der Waals surface area contributed by atoms with Crippen molar-refractivity contribution in [1.82, 2.24) is 10.7 Å². The molecule has 0 unspecified atom stereocenters. The highest BCUT2D eigenvalue weighted by Gasteiger charge is 2.25. The molecule has 0 heterocycles. The quantitative estimate of drug-likeness (QED) is 0.274. The molecule has 0 atom stereocenters. The average Bonchev–Trinajstić information content (AvgIpc) is 1.84. The lowest BCUT2D eigenvalue weighted by Crippen LogP contribution is -2.49. The van der Waals surface area contributed by atoms with Gasteiger partial charge in [0.1, 0.15) is 0 Å². The van der Waals surface area contributed by atoms with E-state index < -0.39 is 0 Å². The SMILES string of the molecule is CC1CC(NC(=O)NN)C1. The van der Waals surface area contributed by atoms with Gasteiger partial charge in [-0.25, -0.2) is 10.6 Å². The van der Waals surface area contributed by atoms with Crippen molar-refractivity contribution in [3.05, 3.63) is 0 Å². The van der Waals surface area contributed by atoms with Crippen molar-refractivity contribution < 1.29 is 4.79 Å². The van der Waals surface area contributed by atoms with Gasteiger partial charge < -0.3 is 5.32 Å². The van der Waals surface area contributed by atoms with E-state index in [4.69, 9.17) is 5.84 Å². The van der Waals surface area contributed by atoms with E-state index in [-0.39, 0.29) is 6.03 Å². The maximum Gasteiger partial charge on any atom is 0.329 e. The van der Waals surface area contributed by atoms with Crippen LogP contribution in [-0.4, -0.2) is 12.1 Å². The monoisotopic (exact) mass is 143 g/mol. The number of nitrogens with two attached hydrogens (primary N) is 1. The van der Waals surface area contributed by atoms with E-state index in [2.05, 4.69) is 12.2 Å². The molecule has 0 aromatic heterocycles. The van der Waals surface area contributed by atoms with Crippen molar-refractivity contribution in [2.45, 2.75) is 25.8 Å². The van der Waals surface area contributed by atoms with E-state index in [1.165, 1.54) is 0 Å². The first-order valence-corrected chi connectivity index (χ1v) is 3.49. The summed E-state index contributed by atoms with van der Waals surface area (Å²) in [7, 11) is 0. The number of amides is 2. The molecule has 4 heteroatoms. The van der Waals surface area contributed by atoms with Crippen LogP contribution in [0.1, 0.15) is 19.8 Å². The van der Waals surface area contributed by atoms with E-state index in [1.807, 2.05) is 5.43 Å². The van der Waals surface area contributed by atoms with Crippen molar-refractivity contribution in [3.8, 4) is 0 Å². The van der Waals surface area contributed by atoms with Gasteiger partial charge in [0.2, 0.25) is 0 Å². The number of urea groups is 1. The molecular weight excluding hydrogens is 130 g/mol. The van der Waals surface area contributed by atoms with Gasteiger partial charge in [-0.15, -0.1) is 0 Å². The Bertz CT molecular complexity index is 131. The number of hydrogen-bond donors (Lipinski definition) is 3. The summed E-state index contributed by atoms with van der Waals surface area (Å²) >= 11 is 0. The third-order valence-corrected chi connectivity index (χ3v) is 1.84. The lowest BCUT2D eigenvalue weighted by Gasteiger charge is -2.32. The molecule has 2 amide bonds. The lowest BCUT2D eigenvalue weighted by molar-refractivity contribution is 0.210. The summed E-state index contributed by atoms with van der Waals surface area (Å²) < 4.78 is 0. The fourth-order valence-corrected chi connectivity index (χ4v) is 1.25. The molecule has 4 nitrogen and oxygen atoms in total. The normalized spacial score (nSPS) is 30.6. The molecule has 0 spiro atoms. The Hall–Kier alpha value is -0.770. The predicted octanol–water partition coefficient (Wildman–Crippen LogP) is -0.0422. The number of hydrogen-bond acceptors (Lipinski definition) is 2. The van der Waals surface area contributed by atoms with Crippen LogP contribution in [0.3, 0.4) is 0 Å². The van der Waals surface area contributed by atoms with Gasteiger partial charge in [0.25, 0.3) is 0 Å². The second-order valence-electron chi connectivity index (χ2n) is 2.89. The Kier molecular flexibility index (Phi) is 2.11. The molecular formula is C6H13N3O. The Morgan fingerprint density at radius 2 is 2.20 bits per heavy atom. The van der Waals surface area contributed by atoms with E-state index >= 15 is 0 Å². The first kappa shape index (κ1) is 7.34. The Morgan fingerprint density at radius 1 is 1.60 bits per heavy atom. The minimum absolute atomic E-state index is 0.281. The van der Waals surface area contributed by atoms with Crippen LogP contribution in [0.5, 0.6) is 0 Å². The molecule has 0 bridgehead atoms. The molecule has 58 valence electrons. The molecule has 1 saturated carbocycles. The molecule has 1 aliphatic carbocycles. The fraction of sp³-hybridized carbons (Fsp3) is 0.833. The predicted molar refractivity (Wildman–Crippen MR) is 38.0 cm³/mol. The molecule has 1 fully saturated rings. The summed E-state index contributed by atoms with van der Waals surface area (Å²) in [5, 5.41) is 2.72. The highest BCUT2D eigenvalue weighted by Crippen LogP contribution is 2.25. The highest BCUT2D eigenvalue weighted by atomic mass is 16.2. The first-order chi connectivity index (χ1) is 4.72. The van der Waals surface area contributed by atoms with Crippen molar-refractivity contribution in [2.24, 2.45) is 11.8 Å². The van der Waals surface area contributed by atoms with Gasteiger partial charge in [-0.05, 0) is 18.8 Å². The van der Waals surface area contributed by atoms with Gasteiger partial charge in [0.05, 0.1) is 0 Å². The molecule has 10 heavy (non-hydrogen) atoms. The number of carbonyl (C=O) groups excluding carboxylic acids is 1. The zero-order valence-corrected chi connectivity index (χ0v) is 6.05. The van der Waals surface area contributed by atoms with Crippen molar-refractivity contribution >= 4 is 6.03 Å². The van der Waals surface area contributed by atoms with Crippen LogP contribution in [0.2, 0.25) is 0 Å². The van der Waals surface area contributed by atoms with Crippen molar-refractivity contribution in [1.29, 1.82) is 0 Å². The standard InChI is InChI=1S/C6H13N3O/c1-4-2-5(3-4)8-6(10)9-7/h4-5H,2-3,7H2,1H3,(H2,8,9,10). The Labute approximate surface area is 60.1 Å². The Morgan fingerprint density at radius 3 is 2.60 bits per heavy atom. The second-order valence-corrected chi connectivity index (χ2v) is 2.89. The van der Waals surface area contributed by atoms with Crippen LogP contribution in [0, 0.1) is 5.92 Å². The van der Waals surface area contributed by atoms with Crippen LogP contribution in [0.15, 0.2) is 0 Å². The molecule has 0 saturated heterocycles. The third kappa shape index (κ3) is 1.60. The maximum absolute atomic E-state index is 10.6. The fourth-order valence-electron chi connectivity index (χ4n) is 1.25. The van der Waals surface area contributed by atoms with Crippen molar-refractivity contribution in [3.63, 3.8) is 0 Å². The van der Waals surface area contributed by atoms with E-state index in [0.29, 0.717) is 6.04 Å². The maximum atomic E-state index is 10.6. The number of hydrazine groups is 1. The summed E-state index contributed by atoms with van der Waals surface area (Å²) in [5.41, 5.74) is 2.03. The second kappa shape index (κ2) is 2.88. The van der Waals surface area contributed by atoms with Crippen LogP contribution in [0.25, 0.3) is 0 Å². The van der Waals surface area contributed by atoms with Gasteiger partial charge in [-0.2, -0.15) is 0 Å². The molecule has 0 aliphatic heterocycles. The van der Waals surface area contributed by atoms with E-state index in [1.54, 1.807) is 0 Å². The third-order valence-electron chi connectivity index (χ3n) is 1.84. The van der Waals surface area contributed by atoms with Gasteiger partial charge in [-0.1, -0.05) is 6.92 Å². The summed E-state index contributed by atoms with van der Waals surface area (Å²) in [5.74, 6) is 5.62. The van der Waals surface area contributed by atoms with Crippen LogP contribution < -0.4 is 16.6 Å². The first-order valence-electron chi connectivity index (χ1n) is 3.49. The topological polar surface area (TPSA) is 67.2 Å². The number of nitrogens with one attached hydrogen (secondary N) is 2. The van der Waals surface area contributed by atoms with Crippen LogP contribution in [-0.2, 0) is 0 Å². The van der Waals surface area contributed by atoms with E-state index in [0.717, 1.165) is 18.8 Å². The smallest absolute Gasteiger partial charge is 0.329 e. The molecule has 1 rings (SSSR count). The Balaban J connectivity index is 2.10. The van der Waals surface area contributed by atoms with Gasteiger partial charge in [0, 0.05) is 6.04 Å². The summed E-state index contributed by atoms with van der Waals surface area (Å²) in [4.78, 5) is 10.6. The zero-order chi connectivity index (χ0) is 7.56. The minimum atomic E-state index is -0.281. The zero-order valence-electron chi connectivity index (χ0n) is 6.05. The summed E-state index contributed by atoms with van der Waals surface area (Å²) in [6.07, 6.45) is 2.15. The minimum Gasteiger partial charge on any atom is -0.334 e. The van der Waals surface area contributed by atoms with E-state index in [9.17, 15) is 4.79 Å². The molecule has 4 N–H and O–H groups in total. The molecule has 0 aromatic rings. The van der Waals surface area contributed by atoms with Gasteiger partial charge in [-0.3, -0.25) is 5.43 Å². The molecule has 0 aromatic carbocycles. The van der Waals surface area contributed by atoms with Gasteiger partial charge in [0.15, 0.2) is 0 Å². The number of rotatable bonds is 1. The largest absolute Gasteiger partial charge is 0.334 e. The summed E-state index contributed by atoms with van der Waals surface area (Å²) in [6.45, 7) is 2.17. The number of carbonyl (C=O) groups is 1. The van der Waals surface area contributed by atoms with Crippen LogP contribution in [0.4, 0.5) is 4.79 Å². The van der Waals surface area contributed by atoms with Crippen molar-refractivity contribution in [2.75, 3.05) is 0 Å². The molecule has 1 aliphatic rings. The average molecular weight is 143 g/mol. The van der Waals surface area contributed by atoms with Crippen LogP contribution >= 0.6 is 0 Å².